The van der Waals surface area contributed by atoms with Crippen LogP contribution >= 0.6 is 0 Å². The van der Waals surface area contributed by atoms with Gasteiger partial charge in [-0.1, -0.05) is 30.3 Å². The van der Waals surface area contributed by atoms with Crippen molar-refractivity contribution in [2.75, 3.05) is 7.11 Å². The number of rotatable bonds is 11. The molecule has 5 heteroatoms. The van der Waals surface area contributed by atoms with Crippen LogP contribution in [0.3, 0.4) is 0 Å². The van der Waals surface area contributed by atoms with Crippen LogP contribution in [0.2, 0.25) is 6.04 Å². The lowest BCUT2D eigenvalue weighted by molar-refractivity contribution is 0.129. The third-order valence-electron chi connectivity index (χ3n) is 4.40. The molecular formula is C23H34O4Si. The number of ether oxygens (including phenoxy) is 1. The first-order valence-corrected chi connectivity index (χ1v) is 11.9. The smallest absolute Gasteiger partial charge is 0.321 e. The molecule has 0 radical (unpaired) electrons. The molecule has 0 aliphatic heterocycles. The number of aromatic hydroxyl groups is 1. The molecule has 0 atom stereocenters. The summed E-state index contributed by atoms with van der Waals surface area (Å²) in [6.45, 7) is 8.85. The molecule has 2 aromatic carbocycles. The molecule has 2 aromatic rings. The van der Waals surface area contributed by atoms with Crippen molar-refractivity contribution < 1.29 is 18.7 Å². The Morgan fingerprint density at radius 1 is 0.929 bits per heavy atom. The quantitative estimate of drug-likeness (QED) is 0.524. The molecule has 0 aromatic heterocycles. The SMILES string of the molecule is COCc1ccc(-c2ccc(O)cc2CCC[SiH](OC(C)C)OC(C)C)cc1. The number of benzene rings is 2. The minimum Gasteiger partial charge on any atom is -0.508 e. The number of phenols is 1. The number of methoxy groups -OCH3 is 1. The fourth-order valence-corrected chi connectivity index (χ4v) is 5.34. The van der Waals surface area contributed by atoms with Gasteiger partial charge in [-0.05, 0) is 81.0 Å². The Balaban J connectivity index is 2.09. The number of hydrogen-bond donors (Lipinski definition) is 1. The summed E-state index contributed by atoms with van der Waals surface area (Å²) in [7, 11) is 0.0192. The molecule has 4 nitrogen and oxygen atoms in total. The molecule has 0 amide bonds. The van der Waals surface area contributed by atoms with Gasteiger partial charge < -0.3 is 18.7 Å². The van der Waals surface area contributed by atoms with Crippen molar-refractivity contribution in [2.45, 2.75) is 65.4 Å². The first kappa shape index (κ1) is 22.6. The van der Waals surface area contributed by atoms with Gasteiger partial charge in [-0.15, -0.1) is 0 Å². The molecule has 0 heterocycles. The van der Waals surface area contributed by atoms with E-state index in [4.69, 9.17) is 13.6 Å². The van der Waals surface area contributed by atoms with E-state index in [1.165, 1.54) is 0 Å². The lowest BCUT2D eigenvalue weighted by atomic mass is 9.96. The van der Waals surface area contributed by atoms with Gasteiger partial charge in [-0.25, -0.2) is 0 Å². The Hall–Kier alpha value is -1.66. The summed E-state index contributed by atoms with van der Waals surface area (Å²) in [6, 6.07) is 15.0. The van der Waals surface area contributed by atoms with E-state index in [2.05, 4.69) is 52.0 Å². The van der Waals surface area contributed by atoms with Crippen LogP contribution in [0.4, 0.5) is 0 Å². The molecule has 1 N–H and O–H groups in total. The van der Waals surface area contributed by atoms with Crippen molar-refractivity contribution in [2.24, 2.45) is 0 Å². The maximum absolute atomic E-state index is 9.99. The lowest BCUT2D eigenvalue weighted by Gasteiger charge is -2.21. The predicted molar refractivity (Wildman–Crippen MR) is 117 cm³/mol. The van der Waals surface area contributed by atoms with Gasteiger partial charge in [0.2, 0.25) is 0 Å². The molecule has 0 bridgehead atoms. The monoisotopic (exact) mass is 402 g/mol. The highest BCUT2D eigenvalue weighted by atomic mass is 28.3. The van der Waals surface area contributed by atoms with Crippen molar-refractivity contribution in [1.29, 1.82) is 0 Å². The van der Waals surface area contributed by atoms with Crippen LogP contribution in [0, 0.1) is 0 Å². The molecule has 0 fully saturated rings. The maximum Gasteiger partial charge on any atom is 0.321 e. The minimum atomic E-state index is -1.68. The Kier molecular flexibility index (Phi) is 9.18. The Bertz CT molecular complexity index is 703. The van der Waals surface area contributed by atoms with Gasteiger partial charge in [-0.3, -0.25) is 0 Å². The average Bonchev–Trinajstić information content (AvgIpc) is 2.62. The van der Waals surface area contributed by atoms with Crippen LogP contribution in [-0.2, 0) is 26.6 Å². The maximum atomic E-state index is 9.99. The van der Waals surface area contributed by atoms with Crippen LogP contribution in [0.25, 0.3) is 11.1 Å². The fraction of sp³-hybridized carbons (Fsp3) is 0.478. The first-order chi connectivity index (χ1) is 13.4. The zero-order valence-electron chi connectivity index (χ0n) is 17.8. The van der Waals surface area contributed by atoms with Crippen molar-refractivity contribution in [3.63, 3.8) is 0 Å². The van der Waals surface area contributed by atoms with Crippen molar-refractivity contribution in [3.8, 4) is 16.9 Å². The van der Waals surface area contributed by atoms with Gasteiger partial charge in [0.15, 0.2) is 0 Å². The summed E-state index contributed by atoms with van der Waals surface area (Å²) in [5.74, 6) is 0.306. The van der Waals surface area contributed by atoms with Crippen LogP contribution in [0.1, 0.15) is 45.2 Å². The van der Waals surface area contributed by atoms with Gasteiger partial charge in [0.25, 0.3) is 0 Å². The largest absolute Gasteiger partial charge is 0.508 e. The zero-order valence-corrected chi connectivity index (χ0v) is 18.9. The molecule has 0 saturated carbocycles. The van der Waals surface area contributed by atoms with Crippen molar-refractivity contribution >= 4 is 9.28 Å². The number of hydrogen-bond acceptors (Lipinski definition) is 4. The van der Waals surface area contributed by atoms with Gasteiger partial charge in [0.1, 0.15) is 5.75 Å². The number of aryl methyl sites for hydroxylation is 1. The van der Waals surface area contributed by atoms with Gasteiger partial charge in [-0.2, -0.15) is 0 Å². The van der Waals surface area contributed by atoms with E-state index in [0.29, 0.717) is 12.4 Å². The van der Waals surface area contributed by atoms with Crippen LogP contribution < -0.4 is 0 Å². The first-order valence-electron chi connectivity index (χ1n) is 10.1. The van der Waals surface area contributed by atoms with E-state index in [-0.39, 0.29) is 12.2 Å². The molecule has 28 heavy (non-hydrogen) atoms. The summed E-state index contributed by atoms with van der Waals surface area (Å²) in [5.41, 5.74) is 4.62. The average molecular weight is 403 g/mol. The van der Waals surface area contributed by atoms with Crippen molar-refractivity contribution in [3.05, 3.63) is 53.6 Å². The molecule has 0 spiro atoms. The van der Waals surface area contributed by atoms with E-state index in [0.717, 1.165) is 41.1 Å². The predicted octanol–water partition coefficient (Wildman–Crippen LogP) is 5.21. The molecule has 0 saturated heterocycles. The van der Waals surface area contributed by atoms with Gasteiger partial charge in [0, 0.05) is 19.3 Å². The normalized spacial score (nSPS) is 11.7. The fourth-order valence-electron chi connectivity index (χ4n) is 3.25. The summed E-state index contributed by atoms with van der Waals surface area (Å²) in [5, 5.41) is 9.99. The topological polar surface area (TPSA) is 47.9 Å². The molecule has 0 aliphatic rings. The summed E-state index contributed by atoms with van der Waals surface area (Å²) in [4.78, 5) is 0. The summed E-state index contributed by atoms with van der Waals surface area (Å²) < 4.78 is 17.2. The highest BCUT2D eigenvalue weighted by molar-refractivity contribution is 6.44. The second-order valence-electron chi connectivity index (χ2n) is 7.66. The van der Waals surface area contributed by atoms with E-state index in [9.17, 15) is 5.11 Å². The Morgan fingerprint density at radius 2 is 1.57 bits per heavy atom. The van der Waals surface area contributed by atoms with Gasteiger partial charge >= 0.3 is 9.28 Å². The third-order valence-corrected chi connectivity index (χ3v) is 6.97. The molecule has 0 unspecified atom stereocenters. The molecule has 2 rings (SSSR count). The van der Waals surface area contributed by atoms with Gasteiger partial charge in [0.05, 0.1) is 6.61 Å². The lowest BCUT2D eigenvalue weighted by Crippen LogP contribution is -2.29. The third kappa shape index (κ3) is 7.39. The van der Waals surface area contributed by atoms with Crippen LogP contribution in [0.5, 0.6) is 5.75 Å². The molecule has 0 aliphatic carbocycles. The summed E-state index contributed by atoms with van der Waals surface area (Å²) >= 11 is 0. The van der Waals surface area contributed by atoms with E-state index >= 15 is 0 Å². The highest BCUT2D eigenvalue weighted by Gasteiger charge is 2.17. The Morgan fingerprint density at radius 3 is 2.14 bits per heavy atom. The molecular weight excluding hydrogens is 368 g/mol. The van der Waals surface area contributed by atoms with Crippen LogP contribution in [0.15, 0.2) is 42.5 Å². The standard InChI is InChI=1S/C23H34O4Si/c1-17(2)26-28(27-18(3)4)14-6-7-21-15-22(24)12-13-23(21)20-10-8-19(9-11-20)16-25-5/h8-13,15,17-18,24,28H,6-7,14,16H2,1-5H3. The zero-order chi connectivity index (χ0) is 20.5. The minimum absolute atomic E-state index is 0.192. The van der Waals surface area contributed by atoms with Crippen LogP contribution in [-0.4, -0.2) is 33.7 Å². The Labute approximate surface area is 171 Å². The second-order valence-corrected chi connectivity index (χ2v) is 9.64. The highest BCUT2D eigenvalue weighted by Crippen LogP contribution is 2.29. The van der Waals surface area contributed by atoms with Crippen molar-refractivity contribution in [1.82, 2.24) is 0 Å². The van der Waals surface area contributed by atoms with E-state index in [1.807, 2.05) is 12.1 Å². The van der Waals surface area contributed by atoms with E-state index in [1.54, 1.807) is 13.2 Å². The summed E-state index contributed by atoms with van der Waals surface area (Å²) in [6.07, 6.45) is 2.25. The van der Waals surface area contributed by atoms with E-state index < -0.39 is 9.28 Å². The second kappa shape index (κ2) is 11.4. The molecule has 154 valence electrons. The number of phenolic OH excluding ortho intramolecular Hbond substituents is 1.